The average Bonchev–Trinajstić information content (AvgIpc) is 2.93. The number of aliphatic hydroxyl groups is 1. The van der Waals surface area contributed by atoms with Crippen LogP contribution in [0, 0.1) is 0 Å². The van der Waals surface area contributed by atoms with Gasteiger partial charge < -0.3 is 5.11 Å². The Morgan fingerprint density at radius 3 is 2.54 bits per heavy atom. The van der Waals surface area contributed by atoms with Crippen LogP contribution in [-0.4, -0.2) is 21.7 Å². The van der Waals surface area contributed by atoms with Crippen LogP contribution in [0.5, 0.6) is 0 Å². The van der Waals surface area contributed by atoms with E-state index in [4.69, 9.17) is 0 Å². The summed E-state index contributed by atoms with van der Waals surface area (Å²) in [5.41, 5.74) is 0.442. The molecule has 6 heteroatoms. The fourth-order valence-electron chi connectivity index (χ4n) is 2.71. The quantitative estimate of drug-likeness (QED) is 0.737. The topological polar surface area (TPSA) is 52.9 Å². The van der Waals surface area contributed by atoms with Gasteiger partial charge in [0.1, 0.15) is 0 Å². The van der Waals surface area contributed by atoms with Crippen molar-refractivity contribution in [2.24, 2.45) is 5.10 Å². The van der Waals surface area contributed by atoms with Crippen LogP contribution in [0.2, 0.25) is 0 Å². The number of benzene rings is 2. The molecule has 1 amide bonds. The van der Waals surface area contributed by atoms with Crippen LogP contribution in [-0.2, 0) is 5.72 Å². The molecule has 0 spiro atoms. The Morgan fingerprint density at radius 1 is 1.21 bits per heavy atom. The van der Waals surface area contributed by atoms with Gasteiger partial charge in [-0.25, -0.2) is 0 Å². The molecular formula is C18H16Br2N2O2. The van der Waals surface area contributed by atoms with E-state index in [0.717, 1.165) is 14.7 Å². The fourth-order valence-corrected chi connectivity index (χ4v) is 3.38. The molecule has 24 heavy (non-hydrogen) atoms. The molecule has 0 aromatic heterocycles. The molecule has 0 saturated heterocycles. The highest BCUT2D eigenvalue weighted by Crippen LogP contribution is 2.37. The van der Waals surface area contributed by atoms with E-state index in [9.17, 15) is 9.90 Å². The molecule has 0 saturated carbocycles. The van der Waals surface area contributed by atoms with Gasteiger partial charge in [0.05, 0.1) is 0 Å². The molecule has 4 nitrogen and oxygen atoms in total. The van der Waals surface area contributed by atoms with Gasteiger partial charge in [-0.3, -0.25) is 4.79 Å². The number of rotatable bonds is 3. The average molecular weight is 452 g/mol. The standard InChI is InChI=1S/C18H16Br2N2O2/c1-2-16-11-18(24,13-6-8-14(19)9-7-13)22(21-16)17(23)12-4-3-5-15(20)10-12/h3-10,24H,2,11H2,1H3/t18-/m1/s1. The summed E-state index contributed by atoms with van der Waals surface area (Å²) in [7, 11) is 0. The minimum atomic E-state index is -1.47. The molecule has 124 valence electrons. The Bertz CT molecular complexity index is 805. The number of hydrogen-bond donors (Lipinski definition) is 1. The molecule has 0 aliphatic carbocycles. The van der Waals surface area contributed by atoms with Crippen LogP contribution in [0.1, 0.15) is 35.7 Å². The van der Waals surface area contributed by atoms with Crippen LogP contribution in [0.15, 0.2) is 62.6 Å². The first-order valence-electron chi connectivity index (χ1n) is 7.59. The van der Waals surface area contributed by atoms with Crippen molar-refractivity contribution >= 4 is 43.5 Å². The van der Waals surface area contributed by atoms with Crippen molar-refractivity contribution in [2.75, 3.05) is 0 Å². The summed E-state index contributed by atoms with van der Waals surface area (Å²) in [5.74, 6) is -0.329. The van der Waals surface area contributed by atoms with Gasteiger partial charge in [0.15, 0.2) is 5.72 Å². The van der Waals surface area contributed by atoms with Crippen molar-refractivity contribution < 1.29 is 9.90 Å². The molecule has 0 fully saturated rings. The first kappa shape index (κ1) is 17.3. The number of carbonyl (C=O) groups is 1. The molecule has 1 N–H and O–H groups in total. The second-order valence-electron chi connectivity index (χ2n) is 5.65. The van der Waals surface area contributed by atoms with Gasteiger partial charge in [0, 0.05) is 32.2 Å². The van der Waals surface area contributed by atoms with Gasteiger partial charge >= 0.3 is 0 Å². The zero-order chi connectivity index (χ0) is 17.3. The van der Waals surface area contributed by atoms with E-state index in [2.05, 4.69) is 37.0 Å². The monoisotopic (exact) mass is 450 g/mol. The third-order valence-corrected chi connectivity index (χ3v) is 5.04. The SMILES string of the molecule is CCC1=NN(C(=O)c2cccc(Br)c2)[C@](O)(c2ccc(Br)cc2)C1. The van der Waals surface area contributed by atoms with Crippen molar-refractivity contribution in [1.29, 1.82) is 0 Å². The maximum atomic E-state index is 12.9. The smallest absolute Gasteiger partial charge is 0.276 e. The number of hydrogen-bond acceptors (Lipinski definition) is 3. The summed E-state index contributed by atoms with van der Waals surface area (Å²) < 4.78 is 1.72. The molecule has 2 aromatic rings. The predicted octanol–water partition coefficient (Wildman–Crippen LogP) is 4.67. The van der Waals surface area contributed by atoms with E-state index in [1.807, 2.05) is 25.1 Å². The number of hydrazone groups is 1. The van der Waals surface area contributed by atoms with Crippen LogP contribution in [0.4, 0.5) is 0 Å². The molecule has 1 heterocycles. The van der Waals surface area contributed by atoms with Crippen LogP contribution in [0.3, 0.4) is 0 Å². The summed E-state index contributed by atoms with van der Waals surface area (Å²) in [6.45, 7) is 1.97. The number of carbonyl (C=O) groups excluding carboxylic acids is 1. The minimum absolute atomic E-state index is 0.310. The molecule has 2 aromatic carbocycles. The Morgan fingerprint density at radius 2 is 1.92 bits per heavy atom. The lowest BCUT2D eigenvalue weighted by atomic mass is 9.96. The summed E-state index contributed by atoms with van der Waals surface area (Å²) in [6.07, 6.45) is 0.992. The lowest BCUT2D eigenvalue weighted by Crippen LogP contribution is -2.43. The van der Waals surface area contributed by atoms with E-state index in [1.54, 1.807) is 30.3 Å². The number of amides is 1. The maximum absolute atomic E-state index is 12.9. The van der Waals surface area contributed by atoms with E-state index in [-0.39, 0.29) is 5.91 Å². The van der Waals surface area contributed by atoms with Gasteiger partial charge in [-0.05, 0) is 36.8 Å². The second-order valence-corrected chi connectivity index (χ2v) is 7.48. The largest absolute Gasteiger partial charge is 0.365 e. The first-order chi connectivity index (χ1) is 11.4. The summed E-state index contributed by atoms with van der Waals surface area (Å²) >= 11 is 6.76. The second kappa shape index (κ2) is 6.78. The molecule has 3 rings (SSSR count). The fraction of sp³-hybridized carbons (Fsp3) is 0.222. The Hall–Kier alpha value is -1.50. The van der Waals surface area contributed by atoms with Gasteiger partial charge in [-0.1, -0.05) is 57.0 Å². The van der Waals surface area contributed by atoms with Crippen molar-refractivity contribution in [3.8, 4) is 0 Å². The number of nitrogens with zero attached hydrogens (tertiary/aromatic N) is 2. The van der Waals surface area contributed by atoms with Crippen LogP contribution < -0.4 is 0 Å². The van der Waals surface area contributed by atoms with E-state index in [0.29, 0.717) is 24.0 Å². The molecule has 1 atom stereocenters. The van der Waals surface area contributed by atoms with Gasteiger partial charge in [-0.2, -0.15) is 10.1 Å². The van der Waals surface area contributed by atoms with Crippen molar-refractivity contribution in [3.63, 3.8) is 0 Å². The Kier molecular flexibility index (Phi) is 4.90. The van der Waals surface area contributed by atoms with Gasteiger partial charge in [-0.15, -0.1) is 0 Å². The summed E-state index contributed by atoms with van der Waals surface area (Å²) in [5, 5.41) is 16.9. The Balaban J connectivity index is 2.03. The van der Waals surface area contributed by atoms with Gasteiger partial charge in [0.25, 0.3) is 5.91 Å². The van der Waals surface area contributed by atoms with E-state index >= 15 is 0 Å². The zero-order valence-electron chi connectivity index (χ0n) is 13.0. The highest BCUT2D eigenvalue weighted by atomic mass is 79.9. The van der Waals surface area contributed by atoms with Crippen molar-refractivity contribution in [2.45, 2.75) is 25.5 Å². The zero-order valence-corrected chi connectivity index (χ0v) is 16.2. The molecule has 0 unspecified atom stereocenters. The minimum Gasteiger partial charge on any atom is -0.365 e. The first-order valence-corrected chi connectivity index (χ1v) is 9.17. The highest BCUT2D eigenvalue weighted by molar-refractivity contribution is 9.10. The third kappa shape index (κ3) is 3.18. The van der Waals surface area contributed by atoms with E-state index < -0.39 is 5.72 Å². The summed E-state index contributed by atoms with van der Waals surface area (Å²) in [6, 6.07) is 14.4. The summed E-state index contributed by atoms with van der Waals surface area (Å²) in [4.78, 5) is 12.9. The van der Waals surface area contributed by atoms with Gasteiger partial charge in [0.2, 0.25) is 0 Å². The van der Waals surface area contributed by atoms with Crippen LogP contribution in [0.25, 0.3) is 0 Å². The Labute approximate surface area is 157 Å². The number of halogens is 2. The predicted molar refractivity (Wildman–Crippen MR) is 101 cm³/mol. The van der Waals surface area contributed by atoms with Crippen LogP contribution >= 0.6 is 31.9 Å². The van der Waals surface area contributed by atoms with Crippen molar-refractivity contribution in [3.05, 3.63) is 68.6 Å². The van der Waals surface area contributed by atoms with Crippen molar-refractivity contribution in [1.82, 2.24) is 5.01 Å². The molecule has 1 aliphatic rings. The molecule has 0 bridgehead atoms. The lowest BCUT2D eigenvalue weighted by Gasteiger charge is -2.31. The third-order valence-electron chi connectivity index (χ3n) is 4.02. The lowest BCUT2D eigenvalue weighted by molar-refractivity contribution is -0.0765. The van der Waals surface area contributed by atoms with E-state index in [1.165, 1.54) is 5.01 Å². The maximum Gasteiger partial charge on any atom is 0.276 e. The molecular weight excluding hydrogens is 436 g/mol. The molecule has 0 radical (unpaired) electrons. The normalized spacial score (nSPS) is 20.2. The highest BCUT2D eigenvalue weighted by Gasteiger charge is 2.45. The molecule has 1 aliphatic heterocycles.